The van der Waals surface area contributed by atoms with Crippen LogP contribution in [0.4, 0.5) is 0 Å². The molecular weight excluding hydrogens is 300 g/mol. The van der Waals surface area contributed by atoms with E-state index < -0.39 is 0 Å². The Hall–Kier alpha value is -0.320. The summed E-state index contributed by atoms with van der Waals surface area (Å²) in [6, 6.07) is 0. The summed E-state index contributed by atoms with van der Waals surface area (Å²) >= 11 is 0. The molecule has 0 unspecified atom stereocenters. The largest absolute Gasteiger partial charge is 0.376 e. The highest BCUT2D eigenvalue weighted by Crippen LogP contribution is 2.43. The second-order valence-electron chi connectivity index (χ2n) is 7.12. The third-order valence-electron chi connectivity index (χ3n) is 5.78. The van der Waals surface area contributed by atoms with Crippen molar-refractivity contribution in [3.63, 3.8) is 0 Å². The molecule has 0 bridgehead atoms. The van der Waals surface area contributed by atoms with Gasteiger partial charge in [0.25, 0.3) is 0 Å². The number of ether oxygens (including phenoxy) is 1. The predicted octanol–water partition coefficient (Wildman–Crippen LogP) is 2.65. The highest BCUT2D eigenvalue weighted by atomic mass is 35.5. The average molecular weight is 331 g/mol. The summed E-state index contributed by atoms with van der Waals surface area (Å²) in [5, 5.41) is 6.59. The van der Waals surface area contributed by atoms with E-state index in [2.05, 4.69) is 10.6 Å². The third kappa shape index (κ3) is 3.95. The van der Waals surface area contributed by atoms with Crippen molar-refractivity contribution in [1.29, 1.82) is 0 Å². The Balaban J connectivity index is 0.00000176. The van der Waals surface area contributed by atoms with E-state index in [1.54, 1.807) is 0 Å². The maximum atomic E-state index is 12.6. The molecule has 128 valence electrons. The number of amides is 1. The molecule has 3 aliphatic rings. The molecule has 1 amide bonds. The van der Waals surface area contributed by atoms with Gasteiger partial charge in [-0.2, -0.15) is 0 Å². The zero-order valence-electron chi connectivity index (χ0n) is 13.6. The number of fused-ring (bicyclic) bond motifs is 1. The van der Waals surface area contributed by atoms with Gasteiger partial charge in [-0.25, -0.2) is 0 Å². The molecule has 3 fully saturated rings. The lowest BCUT2D eigenvalue weighted by Crippen LogP contribution is -2.48. The summed E-state index contributed by atoms with van der Waals surface area (Å²) in [6.45, 7) is 3.23. The van der Waals surface area contributed by atoms with Crippen LogP contribution in [0, 0.1) is 11.3 Å². The Morgan fingerprint density at radius 1 is 1.14 bits per heavy atom. The average Bonchev–Trinajstić information content (AvgIpc) is 2.97. The predicted molar refractivity (Wildman–Crippen MR) is 90.3 cm³/mol. The Bertz CT molecular complexity index is 361. The van der Waals surface area contributed by atoms with E-state index in [1.807, 2.05) is 0 Å². The van der Waals surface area contributed by atoms with Crippen molar-refractivity contribution >= 4 is 18.3 Å². The molecule has 5 heteroatoms. The van der Waals surface area contributed by atoms with Gasteiger partial charge in [0, 0.05) is 13.1 Å². The first-order valence-corrected chi connectivity index (χ1v) is 8.92. The number of halogens is 1. The van der Waals surface area contributed by atoms with Crippen molar-refractivity contribution in [3.8, 4) is 0 Å². The number of carbonyl (C=O) groups is 1. The van der Waals surface area contributed by atoms with Gasteiger partial charge in [0.1, 0.15) is 0 Å². The molecule has 1 heterocycles. The molecule has 3 rings (SSSR count). The molecule has 22 heavy (non-hydrogen) atoms. The lowest BCUT2D eigenvalue weighted by Gasteiger charge is -2.37. The number of carbonyl (C=O) groups excluding carboxylic acids is 1. The third-order valence-corrected chi connectivity index (χ3v) is 5.78. The first-order valence-electron chi connectivity index (χ1n) is 8.92. The zero-order chi connectivity index (χ0) is 14.5. The minimum atomic E-state index is -0.122. The zero-order valence-corrected chi connectivity index (χ0v) is 14.4. The molecule has 0 aromatic carbocycles. The molecule has 0 radical (unpaired) electrons. The fourth-order valence-corrected chi connectivity index (χ4v) is 4.49. The first-order chi connectivity index (χ1) is 10.3. The molecule has 2 atom stereocenters. The lowest BCUT2D eigenvalue weighted by atomic mass is 9.67. The van der Waals surface area contributed by atoms with Crippen LogP contribution in [-0.2, 0) is 9.53 Å². The maximum absolute atomic E-state index is 12.6. The van der Waals surface area contributed by atoms with Crippen LogP contribution >= 0.6 is 12.4 Å². The molecule has 0 aromatic rings. The van der Waals surface area contributed by atoms with Crippen LogP contribution in [0.25, 0.3) is 0 Å². The van der Waals surface area contributed by atoms with Gasteiger partial charge in [0.2, 0.25) is 5.91 Å². The van der Waals surface area contributed by atoms with Gasteiger partial charge in [0.05, 0.1) is 18.1 Å². The molecule has 2 N–H and O–H groups in total. The van der Waals surface area contributed by atoms with E-state index in [9.17, 15) is 4.79 Å². The highest BCUT2D eigenvalue weighted by molar-refractivity contribution is 5.85. The van der Waals surface area contributed by atoms with Gasteiger partial charge >= 0.3 is 0 Å². The van der Waals surface area contributed by atoms with E-state index >= 15 is 0 Å². The van der Waals surface area contributed by atoms with Crippen molar-refractivity contribution in [3.05, 3.63) is 0 Å². The Morgan fingerprint density at radius 2 is 1.91 bits per heavy atom. The van der Waals surface area contributed by atoms with E-state index in [0.717, 1.165) is 19.5 Å². The molecule has 4 nitrogen and oxygen atoms in total. The number of hydrogen-bond donors (Lipinski definition) is 2. The van der Waals surface area contributed by atoms with Crippen molar-refractivity contribution < 1.29 is 9.53 Å². The molecule has 1 aliphatic heterocycles. The summed E-state index contributed by atoms with van der Waals surface area (Å²) < 4.78 is 5.90. The van der Waals surface area contributed by atoms with Crippen molar-refractivity contribution in [2.45, 2.75) is 63.9 Å². The van der Waals surface area contributed by atoms with Crippen molar-refractivity contribution in [2.24, 2.45) is 11.3 Å². The standard InChI is InChI=1S/C17H30N2O2.ClH/c20-16(17-9-5-4-6-14(17)12-18-13-17)19-10-11-21-15-7-2-1-3-8-15;/h14-15,18H,1-13H2,(H,19,20);1H/t14-,17+;/m0./s1. The summed E-state index contributed by atoms with van der Waals surface area (Å²) in [4.78, 5) is 12.6. The fraction of sp³-hybridized carbons (Fsp3) is 0.941. The molecular formula is C17H31ClN2O2. The first kappa shape index (κ1) is 18.0. The van der Waals surface area contributed by atoms with E-state index in [0.29, 0.717) is 25.2 Å². The van der Waals surface area contributed by atoms with Crippen molar-refractivity contribution in [1.82, 2.24) is 10.6 Å². The van der Waals surface area contributed by atoms with Crippen LogP contribution in [0.5, 0.6) is 0 Å². The molecule has 2 aliphatic carbocycles. The molecule has 0 spiro atoms. The Labute approximate surface area is 140 Å². The lowest BCUT2D eigenvalue weighted by molar-refractivity contribution is -0.134. The monoisotopic (exact) mass is 330 g/mol. The second-order valence-corrected chi connectivity index (χ2v) is 7.12. The van der Waals surface area contributed by atoms with Gasteiger partial charge in [-0.1, -0.05) is 32.1 Å². The van der Waals surface area contributed by atoms with Crippen LogP contribution in [0.3, 0.4) is 0 Å². The smallest absolute Gasteiger partial charge is 0.227 e. The summed E-state index contributed by atoms with van der Waals surface area (Å²) in [5.74, 6) is 0.815. The van der Waals surface area contributed by atoms with Gasteiger partial charge in [-0.15, -0.1) is 12.4 Å². The van der Waals surface area contributed by atoms with E-state index in [4.69, 9.17) is 4.74 Å². The Morgan fingerprint density at radius 3 is 2.73 bits per heavy atom. The van der Waals surface area contributed by atoms with Gasteiger partial charge < -0.3 is 15.4 Å². The van der Waals surface area contributed by atoms with Crippen LogP contribution in [-0.4, -0.2) is 38.3 Å². The normalized spacial score (nSPS) is 32.1. The maximum Gasteiger partial charge on any atom is 0.227 e. The second kappa shape index (κ2) is 8.51. The van der Waals surface area contributed by atoms with E-state index in [1.165, 1.54) is 51.4 Å². The van der Waals surface area contributed by atoms with Crippen LogP contribution in [0.1, 0.15) is 57.8 Å². The summed E-state index contributed by atoms with van der Waals surface area (Å²) in [6.07, 6.45) is 11.5. The Kier molecular flexibility index (Phi) is 6.97. The van der Waals surface area contributed by atoms with Gasteiger partial charge in [0.15, 0.2) is 0 Å². The van der Waals surface area contributed by atoms with Crippen LogP contribution in [0.15, 0.2) is 0 Å². The van der Waals surface area contributed by atoms with Gasteiger partial charge in [-0.3, -0.25) is 4.79 Å². The fourth-order valence-electron chi connectivity index (χ4n) is 4.49. The van der Waals surface area contributed by atoms with Crippen molar-refractivity contribution in [2.75, 3.05) is 26.2 Å². The van der Waals surface area contributed by atoms with Crippen LogP contribution in [0.2, 0.25) is 0 Å². The van der Waals surface area contributed by atoms with E-state index in [-0.39, 0.29) is 23.7 Å². The minimum Gasteiger partial charge on any atom is -0.376 e. The minimum absolute atomic E-state index is 0. The topological polar surface area (TPSA) is 50.4 Å². The molecule has 2 saturated carbocycles. The molecule has 0 aromatic heterocycles. The molecule has 1 saturated heterocycles. The number of hydrogen-bond acceptors (Lipinski definition) is 3. The number of nitrogens with one attached hydrogen (secondary N) is 2. The SMILES string of the molecule is Cl.O=C(NCCOC1CCCCC1)[C@@]12CCCC[C@H]1CNC2. The highest BCUT2D eigenvalue weighted by Gasteiger charge is 2.49. The quantitative estimate of drug-likeness (QED) is 0.762. The van der Waals surface area contributed by atoms with Gasteiger partial charge in [-0.05, 0) is 38.1 Å². The summed E-state index contributed by atoms with van der Waals surface area (Å²) in [5.41, 5.74) is -0.122. The number of rotatable bonds is 5. The summed E-state index contributed by atoms with van der Waals surface area (Å²) in [7, 11) is 0. The van der Waals surface area contributed by atoms with Crippen LogP contribution < -0.4 is 10.6 Å².